The number of rotatable bonds is 2. The zero-order chi connectivity index (χ0) is 8.32. The van der Waals surface area contributed by atoms with Crippen molar-refractivity contribution in [3.63, 3.8) is 0 Å². The second kappa shape index (κ2) is 3.61. The van der Waals surface area contributed by atoms with Crippen molar-refractivity contribution in [2.75, 3.05) is 5.50 Å². The van der Waals surface area contributed by atoms with E-state index in [1.54, 1.807) is 0 Å². The molecule has 0 fully saturated rings. The van der Waals surface area contributed by atoms with Gasteiger partial charge in [-0.25, -0.2) is 0 Å². The van der Waals surface area contributed by atoms with Gasteiger partial charge in [-0.2, -0.15) is 11.1 Å². The highest BCUT2D eigenvalue weighted by Gasteiger charge is 2.25. The van der Waals surface area contributed by atoms with Crippen LogP contribution in [0.25, 0.3) is 0 Å². The SMILES string of the molecule is C[Si](Cl)(CCl)c1ccccc1. The molecule has 0 spiro atoms. The summed E-state index contributed by atoms with van der Waals surface area (Å²) in [7, 11) is -1.82. The van der Waals surface area contributed by atoms with Crippen molar-refractivity contribution in [2.24, 2.45) is 0 Å². The molecule has 60 valence electrons. The molecule has 0 aliphatic rings. The lowest BCUT2D eigenvalue weighted by Crippen LogP contribution is -2.41. The van der Waals surface area contributed by atoms with Crippen molar-refractivity contribution < 1.29 is 0 Å². The van der Waals surface area contributed by atoms with Crippen LogP contribution in [0.2, 0.25) is 6.55 Å². The largest absolute Gasteiger partial charge is 0.198 e. The zero-order valence-electron chi connectivity index (χ0n) is 6.35. The molecule has 0 bridgehead atoms. The lowest BCUT2D eigenvalue weighted by atomic mass is 10.4. The zero-order valence-corrected chi connectivity index (χ0v) is 8.86. The van der Waals surface area contributed by atoms with Crippen LogP contribution in [0.1, 0.15) is 0 Å². The van der Waals surface area contributed by atoms with Crippen LogP contribution < -0.4 is 5.19 Å². The van der Waals surface area contributed by atoms with Crippen molar-refractivity contribution in [2.45, 2.75) is 6.55 Å². The fourth-order valence-corrected chi connectivity index (χ4v) is 2.75. The van der Waals surface area contributed by atoms with Crippen molar-refractivity contribution in [3.05, 3.63) is 30.3 Å². The van der Waals surface area contributed by atoms with Crippen LogP contribution in [0, 0.1) is 0 Å². The molecule has 0 aliphatic carbocycles. The number of alkyl halides is 1. The van der Waals surface area contributed by atoms with Crippen LogP contribution in [0.5, 0.6) is 0 Å². The summed E-state index contributed by atoms with van der Waals surface area (Å²) in [6.07, 6.45) is 0. The summed E-state index contributed by atoms with van der Waals surface area (Å²) < 4.78 is 0. The maximum Gasteiger partial charge on any atom is 0.198 e. The van der Waals surface area contributed by atoms with Gasteiger partial charge in [-0.3, -0.25) is 0 Å². The Kier molecular flexibility index (Phi) is 2.99. The Hall–Kier alpha value is 0.0169. The Bertz CT molecular complexity index is 221. The molecule has 0 aliphatic heterocycles. The van der Waals surface area contributed by atoms with Gasteiger partial charge < -0.3 is 0 Å². The molecule has 11 heavy (non-hydrogen) atoms. The van der Waals surface area contributed by atoms with Crippen LogP contribution in [0.3, 0.4) is 0 Å². The van der Waals surface area contributed by atoms with E-state index in [1.165, 1.54) is 5.19 Å². The third-order valence-electron chi connectivity index (χ3n) is 1.63. The molecule has 0 heterocycles. The Labute approximate surface area is 77.9 Å². The first-order chi connectivity index (χ1) is 5.17. The summed E-state index contributed by atoms with van der Waals surface area (Å²) in [6.45, 7) is 2.05. The molecule has 1 atom stereocenters. The van der Waals surface area contributed by atoms with E-state index in [0.717, 1.165) is 0 Å². The van der Waals surface area contributed by atoms with Crippen LogP contribution in [-0.2, 0) is 0 Å². The van der Waals surface area contributed by atoms with Crippen molar-refractivity contribution >= 4 is 35.3 Å². The number of hydrogen-bond donors (Lipinski definition) is 0. The van der Waals surface area contributed by atoms with E-state index < -0.39 is 7.38 Å². The molecular weight excluding hydrogens is 195 g/mol. The van der Waals surface area contributed by atoms with Gasteiger partial charge in [0.1, 0.15) is 0 Å². The second-order valence-electron chi connectivity index (χ2n) is 2.70. The van der Waals surface area contributed by atoms with Gasteiger partial charge in [-0.05, 0) is 5.19 Å². The normalized spacial score (nSPS) is 15.9. The first-order valence-electron chi connectivity index (χ1n) is 3.47. The lowest BCUT2D eigenvalue weighted by molar-refractivity contribution is 1.72. The molecule has 1 aromatic rings. The van der Waals surface area contributed by atoms with Crippen LogP contribution >= 0.6 is 22.7 Å². The van der Waals surface area contributed by atoms with E-state index in [1.807, 2.05) is 30.3 Å². The minimum absolute atomic E-state index is 0.568. The predicted molar refractivity (Wildman–Crippen MR) is 54.3 cm³/mol. The van der Waals surface area contributed by atoms with E-state index >= 15 is 0 Å². The fourth-order valence-electron chi connectivity index (χ4n) is 0.863. The van der Waals surface area contributed by atoms with E-state index in [0.29, 0.717) is 5.50 Å². The number of halogens is 2. The molecule has 3 heteroatoms. The van der Waals surface area contributed by atoms with Crippen LogP contribution in [0.15, 0.2) is 30.3 Å². The van der Waals surface area contributed by atoms with Gasteiger partial charge >= 0.3 is 0 Å². The highest BCUT2D eigenvalue weighted by Crippen LogP contribution is 2.10. The summed E-state index contributed by atoms with van der Waals surface area (Å²) in [6, 6.07) is 10.1. The summed E-state index contributed by atoms with van der Waals surface area (Å²) >= 11 is 12.0. The van der Waals surface area contributed by atoms with E-state index in [4.69, 9.17) is 22.7 Å². The van der Waals surface area contributed by atoms with Gasteiger partial charge in [0.05, 0.1) is 0 Å². The summed E-state index contributed by atoms with van der Waals surface area (Å²) in [5, 5.41) is 1.21. The smallest absolute Gasteiger partial charge is 0.160 e. The molecule has 0 radical (unpaired) electrons. The van der Waals surface area contributed by atoms with Crippen LogP contribution in [0.4, 0.5) is 0 Å². The van der Waals surface area contributed by atoms with Crippen molar-refractivity contribution in [1.29, 1.82) is 0 Å². The van der Waals surface area contributed by atoms with Gasteiger partial charge in [0.15, 0.2) is 7.38 Å². The Morgan fingerprint density at radius 2 is 1.82 bits per heavy atom. The fraction of sp³-hybridized carbons (Fsp3) is 0.250. The summed E-state index contributed by atoms with van der Waals surface area (Å²) in [4.78, 5) is 0. The Morgan fingerprint density at radius 3 is 2.27 bits per heavy atom. The maximum atomic E-state index is 6.25. The third-order valence-corrected chi connectivity index (χ3v) is 6.74. The molecule has 0 saturated heterocycles. The molecule has 0 nitrogen and oxygen atoms in total. The van der Waals surface area contributed by atoms with Crippen molar-refractivity contribution in [1.82, 2.24) is 0 Å². The second-order valence-corrected chi connectivity index (χ2v) is 9.24. The average molecular weight is 205 g/mol. The van der Waals surface area contributed by atoms with Gasteiger partial charge in [-0.1, -0.05) is 36.9 Å². The molecule has 1 aromatic carbocycles. The first kappa shape index (κ1) is 9.11. The molecule has 0 N–H and O–H groups in total. The Morgan fingerprint density at radius 1 is 1.27 bits per heavy atom. The third kappa shape index (κ3) is 2.22. The molecule has 1 unspecified atom stereocenters. The standard InChI is InChI=1S/C8H10Cl2Si/c1-11(10,7-9)8-5-3-2-4-6-8/h2-6H,7H2,1H3. The first-order valence-corrected chi connectivity index (χ1v) is 7.72. The summed E-state index contributed by atoms with van der Waals surface area (Å²) in [5.74, 6) is 0. The minimum Gasteiger partial charge on any atom is -0.160 e. The van der Waals surface area contributed by atoms with Gasteiger partial charge in [0.2, 0.25) is 0 Å². The molecule has 0 saturated carbocycles. The van der Waals surface area contributed by atoms with Gasteiger partial charge in [0.25, 0.3) is 0 Å². The minimum atomic E-state index is -1.82. The van der Waals surface area contributed by atoms with E-state index in [-0.39, 0.29) is 0 Å². The van der Waals surface area contributed by atoms with E-state index in [2.05, 4.69) is 6.55 Å². The van der Waals surface area contributed by atoms with Gasteiger partial charge in [0, 0.05) is 5.50 Å². The molecule has 0 aromatic heterocycles. The highest BCUT2D eigenvalue weighted by atomic mass is 35.6. The lowest BCUT2D eigenvalue weighted by Gasteiger charge is -2.15. The number of hydrogen-bond acceptors (Lipinski definition) is 0. The molecule has 1 rings (SSSR count). The monoisotopic (exact) mass is 204 g/mol. The quantitative estimate of drug-likeness (QED) is 0.395. The molecule has 0 amide bonds. The molecular formula is C8H10Cl2Si. The topological polar surface area (TPSA) is 0 Å². The predicted octanol–water partition coefficient (Wildman–Crippen LogP) is 2.49. The summed E-state index contributed by atoms with van der Waals surface area (Å²) in [5.41, 5.74) is 0.568. The highest BCUT2D eigenvalue weighted by molar-refractivity contribution is 7.28. The van der Waals surface area contributed by atoms with Crippen LogP contribution in [-0.4, -0.2) is 12.9 Å². The van der Waals surface area contributed by atoms with Crippen molar-refractivity contribution in [3.8, 4) is 0 Å². The average Bonchev–Trinajstić information content (AvgIpc) is 2.06. The van der Waals surface area contributed by atoms with E-state index in [9.17, 15) is 0 Å². The maximum absolute atomic E-state index is 6.25. The van der Waals surface area contributed by atoms with Gasteiger partial charge in [-0.15, -0.1) is 11.6 Å². The Balaban J connectivity index is 2.93. The number of benzene rings is 1.